The Labute approximate surface area is 83.6 Å². The second-order valence-electron chi connectivity index (χ2n) is 3.03. The van der Waals surface area contributed by atoms with Crippen molar-refractivity contribution in [1.29, 1.82) is 0 Å². The van der Waals surface area contributed by atoms with Crippen LogP contribution in [0.2, 0.25) is 0 Å². The van der Waals surface area contributed by atoms with Crippen LogP contribution in [0.15, 0.2) is 0 Å². The summed E-state index contributed by atoms with van der Waals surface area (Å²) in [6.07, 6.45) is 3.26. The first-order valence-electron chi connectivity index (χ1n) is 4.81. The lowest BCUT2D eigenvalue weighted by molar-refractivity contribution is 0.568. The molecule has 1 atom stereocenters. The van der Waals surface area contributed by atoms with Crippen molar-refractivity contribution in [3.05, 3.63) is 10.0 Å². The lowest BCUT2D eigenvalue weighted by Crippen LogP contribution is -2.14. The van der Waals surface area contributed by atoms with Crippen molar-refractivity contribution in [2.75, 3.05) is 7.05 Å². The normalized spacial score (nSPS) is 13.2. The van der Waals surface area contributed by atoms with Gasteiger partial charge in [-0.25, -0.2) is 0 Å². The summed E-state index contributed by atoms with van der Waals surface area (Å²) in [4.78, 5) is 0. The van der Waals surface area contributed by atoms with E-state index in [4.69, 9.17) is 0 Å². The van der Waals surface area contributed by atoms with Crippen molar-refractivity contribution < 1.29 is 0 Å². The minimum Gasteiger partial charge on any atom is -0.311 e. The number of hydrogen-bond acceptors (Lipinski definition) is 4. The molecule has 4 heteroatoms. The number of rotatable bonds is 5. The van der Waals surface area contributed by atoms with E-state index in [1.165, 1.54) is 0 Å². The predicted octanol–water partition coefficient (Wildman–Crippen LogP) is 2.16. The molecule has 0 amide bonds. The van der Waals surface area contributed by atoms with Gasteiger partial charge in [0.15, 0.2) is 0 Å². The number of aryl methyl sites for hydroxylation is 1. The van der Waals surface area contributed by atoms with Gasteiger partial charge in [0, 0.05) is 6.42 Å². The average molecular weight is 199 g/mol. The Morgan fingerprint density at radius 2 is 2.15 bits per heavy atom. The van der Waals surface area contributed by atoms with Crippen LogP contribution >= 0.6 is 11.3 Å². The van der Waals surface area contributed by atoms with Gasteiger partial charge in [-0.2, -0.15) is 0 Å². The smallest absolute Gasteiger partial charge is 0.134 e. The van der Waals surface area contributed by atoms with E-state index in [2.05, 4.69) is 29.4 Å². The summed E-state index contributed by atoms with van der Waals surface area (Å²) in [5, 5.41) is 13.8. The van der Waals surface area contributed by atoms with Crippen LogP contribution in [0.3, 0.4) is 0 Å². The molecule has 1 heterocycles. The summed E-state index contributed by atoms with van der Waals surface area (Å²) in [6, 6.07) is 0.378. The molecule has 0 bridgehead atoms. The van der Waals surface area contributed by atoms with Crippen molar-refractivity contribution in [3.8, 4) is 0 Å². The zero-order chi connectivity index (χ0) is 9.68. The Morgan fingerprint density at radius 1 is 1.38 bits per heavy atom. The van der Waals surface area contributed by atoms with Crippen molar-refractivity contribution >= 4 is 11.3 Å². The number of nitrogens with zero attached hydrogens (tertiary/aromatic N) is 2. The van der Waals surface area contributed by atoms with Crippen molar-refractivity contribution in [3.63, 3.8) is 0 Å². The fourth-order valence-electron chi connectivity index (χ4n) is 1.22. The highest BCUT2D eigenvalue weighted by Gasteiger charge is 2.11. The third-order valence-corrected chi connectivity index (χ3v) is 3.10. The first-order chi connectivity index (χ1) is 6.31. The Bertz CT molecular complexity index is 243. The summed E-state index contributed by atoms with van der Waals surface area (Å²) in [6.45, 7) is 4.32. The van der Waals surface area contributed by atoms with Gasteiger partial charge in [0.05, 0.1) is 6.04 Å². The number of nitrogens with one attached hydrogen (secondary N) is 1. The molecule has 1 aromatic rings. The van der Waals surface area contributed by atoms with Gasteiger partial charge in [0.1, 0.15) is 10.0 Å². The molecular formula is C9H17N3S. The second-order valence-corrected chi connectivity index (χ2v) is 4.13. The van der Waals surface area contributed by atoms with Crippen LogP contribution in [0, 0.1) is 0 Å². The molecule has 0 saturated carbocycles. The summed E-state index contributed by atoms with van der Waals surface area (Å²) >= 11 is 1.73. The highest BCUT2D eigenvalue weighted by molar-refractivity contribution is 7.11. The molecule has 3 nitrogen and oxygen atoms in total. The van der Waals surface area contributed by atoms with Gasteiger partial charge in [0.2, 0.25) is 0 Å². The predicted molar refractivity (Wildman–Crippen MR) is 56.0 cm³/mol. The molecule has 74 valence electrons. The standard InChI is InChI=1S/C9H17N3S/c1-4-6-8-11-12-9(13-8)7(5-2)10-3/h7,10H,4-6H2,1-3H3. The van der Waals surface area contributed by atoms with E-state index in [0.29, 0.717) is 6.04 Å². The third kappa shape index (κ3) is 2.74. The van der Waals surface area contributed by atoms with Gasteiger partial charge < -0.3 is 5.32 Å². The lowest BCUT2D eigenvalue weighted by Gasteiger charge is -2.07. The molecule has 0 aliphatic rings. The van der Waals surface area contributed by atoms with Gasteiger partial charge in [0.25, 0.3) is 0 Å². The fraction of sp³-hybridized carbons (Fsp3) is 0.778. The second kappa shape index (κ2) is 5.29. The van der Waals surface area contributed by atoms with Crippen LogP contribution in [0.4, 0.5) is 0 Å². The Kier molecular flexibility index (Phi) is 4.32. The molecule has 0 spiro atoms. The van der Waals surface area contributed by atoms with Crippen LogP contribution < -0.4 is 5.32 Å². The monoisotopic (exact) mass is 199 g/mol. The molecule has 1 aromatic heterocycles. The Balaban J connectivity index is 2.66. The van der Waals surface area contributed by atoms with E-state index >= 15 is 0 Å². The maximum Gasteiger partial charge on any atom is 0.134 e. The molecule has 1 rings (SSSR count). The van der Waals surface area contributed by atoms with Crippen molar-refractivity contribution in [1.82, 2.24) is 15.5 Å². The number of aromatic nitrogens is 2. The molecule has 0 fully saturated rings. The lowest BCUT2D eigenvalue weighted by atomic mass is 10.2. The minimum atomic E-state index is 0.378. The van der Waals surface area contributed by atoms with E-state index in [0.717, 1.165) is 29.3 Å². The van der Waals surface area contributed by atoms with Crippen LogP contribution in [0.5, 0.6) is 0 Å². The summed E-state index contributed by atoms with van der Waals surface area (Å²) < 4.78 is 0. The maximum absolute atomic E-state index is 4.18. The first-order valence-corrected chi connectivity index (χ1v) is 5.63. The Morgan fingerprint density at radius 3 is 2.69 bits per heavy atom. The van der Waals surface area contributed by atoms with Gasteiger partial charge in [-0.3, -0.25) is 0 Å². The SMILES string of the molecule is CCCc1nnc(C(CC)NC)s1. The van der Waals surface area contributed by atoms with E-state index < -0.39 is 0 Å². The van der Waals surface area contributed by atoms with Crippen LogP contribution in [-0.4, -0.2) is 17.2 Å². The van der Waals surface area contributed by atoms with Gasteiger partial charge in [-0.15, -0.1) is 10.2 Å². The van der Waals surface area contributed by atoms with Gasteiger partial charge >= 0.3 is 0 Å². The molecule has 0 aliphatic heterocycles. The molecule has 0 radical (unpaired) electrons. The maximum atomic E-state index is 4.18. The van der Waals surface area contributed by atoms with Gasteiger partial charge in [-0.1, -0.05) is 25.2 Å². The summed E-state index contributed by atoms with van der Waals surface area (Å²) in [5.74, 6) is 0. The topological polar surface area (TPSA) is 37.8 Å². The van der Waals surface area contributed by atoms with E-state index in [1.54, 1.807) is 11.3 Å². The fourth-order valence-corrected chi connectivity index (χ4v) is 2.36. The molecular weight excluding hydrogens is 182 g/mol. The third-order valence-electron chi connectivity index (χ3n) is 2.00. The van der Waals surface area contributed by atoms with E-state index in [-0.39, 0.29) is 0 Å². The quantitative estimate of drug-likeness (QED) is 0.789. The minimum absolute atomic E-state index is 0.378. The molecule has 1 unspecified atom stereocenters. The summed E-state index contributed by atoms with van der Waals surface area (Å²) in [7, 11) is 1.97. The van der Waals surface area contributed by atoms with Crippen LogP contribution in [-0.2, 0) is 6.42 Å². The van der Waals surface area contributed by atoms with E-state index in [1.807, 2.05) is 7.05 Å². The largest absolute Gasteiger partial charge is 0.311 e. The molecule has 0 saturated heterocycles. The zero-order valence-electron chi connectivity index (χ0n) is 8.50. The molecule has 0 aliphatic carbocycles. The zero-order valence-corrected chi connectivity index (χ0v) is 9.32. The first kappa shape index (κ1) is 10.6. The highest BCUT2D eigenvalue weighted by Crippen LogP contribution is 2.20. The van der Waals surface area contributed by atoms with Crippen molar-refractivity contribution in [2.45, 2.75) is 39.2 Å². The molecule has 1 N–H and O–H groups in total. The molecule has 13 heavy (non-hydrogen) atoms. The van der Waals surface area contributed by atoms with Crippen molar-refractivity contribution in [2.24, 2.45) is 0 Å². The van der Waals surface area contributed by atoms with E-state index in [9.17, 15) is 0 Å². The highest BCUT2D eigenvalue weighted by atomic mass is 32.1. The molecule has 0 aromatic carbocycles. The average Bonchev–Trinajstić information content (AvgIpc) is 2.56. The van der Waals surface area contributed by atoms with Crippen LogP contribution in [0.25, 0.3) is 0 Å². The Hall–Kier alpha value is -0.480. The van der Waals surface area contributed by atoms with Gasteiger partial charge in [-0.05, 0) is 19.9 Å². The number of hydrogen-bond donors (Lipinski definition) is 1. The van der Waals surface area contributed by atoms with Crippen LogP contribution in [0.1, 0.15) is 42.7 Å². The summed E-state index contributed by atoms with van der Waals surface area (Å²) in [5.41, 5.74) is 0.